The van der Waals surface area contributed by atoms with E-state index in [-0.39, 0.29) is 18.7 Å². The maximum atomic E-state index is 11.6. The van der Waals surface area contributed by atoms with Gasteiger partial charge in [0.25, 0.3) is 0 Å². The number of hydrogen-bond donors (Lipinski definition) is 2. The highest BCUT2D eigenvalue weighted by Crippen LogP contribution is 2.17. The van der Waals surface area contributed by atoms with E-state index in [4.69, 9.17) is 9.84 Å². The van der Waals surface area contributed by atoms with Crippen LogP contribution in [-0.2, 0) is 0 Å². The highest BCUT2D eigenvalue weighted by Gasteiger charge is 2.07. The number of amides is 2. The van der Waals surface area contributed by atoms with E-state index in [0.29, 0.717) is 12.2 Å². The van der Waals surface area contributed by atoms with Crippen LogP contribution in [0, 0.1) is 0 Å². The molecule has 0 radical (unpaired) electrons. The highest BCUT2D eigenvalue weighted by molar-refractivity contribution is 5.89. The summed E-state index contributed by atoms with van der Waals surface area (Å²) in [4.78, 5) is 13.1. The van der Waals surface area contributed by atoms with Crippen LogP contribution in [0.1, 0.15) is 13.8 Å². The van der Waals surface area contributed by atoms with Crippen molar-refractivity contribution in [2.75, 3.05) is 25.5 Å². The number of hydrogen-bond acceptors (Lipinski definition) is 3. The summed E-state index contributed by atoms with van der Waals surface area (Å²) in [5.74, 6) is 0.770. The van der Waals surface area contributed by atoms with Gasteiger partial charge in [-0.25, -0.2) is 4.79 Å². The predicted molar refractivity (Wildman–Crippen MR) is 70.9 cm³/mol. The first-order valence-corrected chi connectivity index (χ1v) is 5.92. The van der Waals surface area contributed by atoms with Crippen molar-refractivity contribution in [3.8, 4) is 5.75 Å². The van der Waals surface area contributed by atoms with Gasteiger partial charge in [0.05, 0.1) is 12.7 Å². The number of ether oxygens (including phenoxy) is 1. The Morgan fingerprint density at radius 3 is 2.50 bits per heavy atom. The molecule has 0 heterocycles. The number of carbonyl (C=O) groups is 1. The van der Waals surface area contributed by atoms with E-state index < -0.39 is 0 Å². The molecule has 0 aliphatic rings. The average molecular weight is 252 g/mol. The van der Waals surface area contributed by atoms with Crippen molar-refractivity contribution in [1.29, 1.82) is 0 Å². The average Bonchev–Trinajstić information content (AvgIpc) is 2.31. The number of aliphatic hydroxyl groups excluding tert-OH is 1. The third kappa shape index (κ3) is 4.63. The molecule has 5 nitrogen and oxygen atoms in total. The molecule has 0 spiro atoms. The maximum Gasteiger partial charge on any atom is 0.321 e. The normalized spacial score (nSPS) is 10.3. The Bertz CT molecular complexity index is 376. The minimum absolute atomic E-state index is 0.0505. The van der Waals surface area contributed by atoms with Crippen molar-refractivity contribution >= 4 is 11.7 Å². The second-order valence-electron chi connectivity index (χ2n) is 4.27. The Morgan fingerprint density at radius 1 is 1.39 bits per heavy atom. The van der Waals surface area contributed by atoms with Crippen LogP contribution in [0.15, 0.2) is 24.3 Å². The molecule has 0 unspecified atom stereocenters. The van der Waals surface area contributed by atoms with E-state index in [1.807, 2.05) is 26.0 Å². The number of nitrogens with zero attached hydrogens (tertiary/aromatic N) is 1. The third-order valence-corrected chi connectivity index (χ3v) is 2.26. The molecule has 0 bridgehead atoms. The summed E-state index contributed by atoms with van der Waals surface area (Å²) in [7, 11) is 1.63. The van der Waals surface area contributed by atoms with Gasteiger partial charge in [0.15, 0.2) is 0 Å². The summed E-state index contributed by atoms with van der Waals surface area (Å²) >= 11 is 0. The highest BCUT2D eigenvalue weighted by atomic mass is 16.5. The van der Waals surface area contributed by atoms with Crippen molar-refractivity contribution in [2.24, 2.45) is 0 Å². The minimum atomic E-state index is -0.249. The third-order valence-electron chi connectivity index (χ3n) is 2.26. The zero-order valence-corrected chi connectivity index (χ0v) is 11.0. The van der Waals surface area contributed by atoms with E-state index >= 15 is 0 Å². The molecule has 0 aliphatic carbocycles. The fraction of sp³-hybridized carbons (Fsp3) is 0.462. The molecule has 0 saturated heterocycles. The summed E-state index contributed by atoms with van der Waals surface area (Å²) < 4.78 is 5.50. The smallest absolute Gasteiger partial charge is 0.321 e. The molecule has 0 fully saturated rings. The first-order valence-electron chi connectivity index (χ1n) is 5.92. The molecule has 0 aromatic heterocycles. The van der Waals surface area contributed by atoms with Crippen LogP contribution >= 0.6 is 0 Å². The second-order valence-corrected chi connectivity index (χ2v) is 4.27. The number of nitrogens with one attached hydrogen (secondary N) is 1. The van der Waals surface area contributed by atoms with Crippen LogP contribution in [0.5, 0.6) is 5.75 Å². The van der Waals surface area contributed by atoms with Crippen molar-refractivity contribution in [1.82, 2.24) is 4.90 Å². The Balaban J connectivity index is 2.55. The van der Waals surface area contributed by atoms with Crippen molar-refractivity contribution in [3.63, 3.8) is 0 Å². The molecule has 0 saturated carbocycles. The van der Waals surface area contributed by atoms with E-state index in [1.165, 1.54) is 4.90 Å². The Kier molecular flexibility index (Phi) is 5.45. The monoisotopic (exact) mass is 252 g/mol. The van der Waals surface area contributed by atoms with Gasteiger partial charge in [-0.3, -0.25) is 0 Å². The summed E-state index contributed by atoms with van der Waals surface area (Å²) in [6, 6.07) is 6.93. The van der Waals surface area contributed by atoms with Gasteiger partial charge >= 0.3 is 6.03 Å². The minimum Gasteiger partial charge on any atom is -0.491 e. The number of benzene rings is 1. The Labute approximate surface area is 107 Å². The van der Waals surface area contributed by atoms with E-state index in [9.17, 15) is 4.79 Å². The van der Waals surface area contributed by atoms with Gasteiger partial charge in [-0.05, 0) is 38.1 Å². The maximum absolute atomic E-state index is 11.6. The lowest BCUT2D eigenvalue weighted by molar-refractivity contribution is 0.202. The SMILES string of the molecule is CC(C)Oc1ccc(NC(=O)N(C)CCO)cc1. The molecule has 5 heteroatoms. The first kappa shape index (κ1) is 14.3. The molecule has 1 rings (SSSR count). The predicted octanol–water partition coefficient (Wildman–Crippen LogP) is 1.93. The number of likely N-dealkylation sites (N-methyl/N-ethyl adjacent to an activating group) is 1. The molecular weight excluding hydrogens is 232 g/mol. The van der Waals surface area contributed by atoms with Crippen LogP contribution in [0.2, 0.25) is 0 Å². The standard InChI is InChI=1S/C13H20N2O3/c1-10(2)18-12-6-4-11(5-7-12)14-13(17)15(3)8-9-16/h4-7,10,16H,8-9H2,1-3H3,(H,14,17). The van der Waals surface area contributed by atoms with Crippen molar-refractivity contribution < 1.29 is 14.6 Å². The first-order chi connectivity index (χ1) is 8.52. The zero-order valence-electron chi connectivity index (χ0n) is 11.0. The van der Waals surface area contributed by atoms with Gasteiger partial charge in [-0.1, -0.05) is 0 Å². The lowest BCUT2D eigenvalue weighted by Gasteiger charge is -2.17. The van der Waals surface area contributed by atoms with Gasteiger partial charge in [0, 0.05) is 19.3 Å². The molecule has 100 valence electrons. The number of rotatable bonds is 5. The molecule has 2 N–H and O–H groups in total. The molecule has 0 atom stereocenters. The van der Waals surface area contributed by atoms with Gasteiger partial charge < -0.3 is 20.1 Å². The molecule has 0 aliphatic heterocycles. The second kappa shape index (κ2) is 6.86. The van der Waals surface area contributed by atoms with Gasteiger partial charge in [0.1, 0.15) is 5.75 Å². The lowest BCUT2D eigenvalue weighted by atomic mass is 10.3. The van der Waals surface area contributed by atoms with Crippen LogP contribution in [0.4, 0.5) is 10.5 Å². The quantitative estimate of drug-likeness (QED) is 0.841. The van der Waals surface area contributed by atoms with E-state index in [0.717, 1.165) is 5.75 Å². The molecule has 2 amide bonds. The van der Waals surface area contributed by atoms with Crippen molar-refractivity contribution in [2.45, 2.75) is 20.0 Å². The number of carbonyl (C=O) groups excluding carboxylic acids is 1. The molecule has 18 heavy (non-hydrogen) atoms. The summed E-state index contributed by atoms with van der Waals surface area (Å²) in [5, 5.41) is 11.5. The summed E-state index contributed by atoms with van der Waals surface area (Å²) in [5.41, 5.74) is 0.695. The number of anilines is 1. The summed E-state index contributed by atoms with van der Waals surface area (Å²) in [6.45, 7) is 4.17. The molecule has 1 aromatic carbocycles. The van der Waals surface area contributed by atoms with Gasteiger partial charge in [-0.2, -0.15) is 0 Å². The van der Waals surface area contributed by atoms with Crippen LogP contribution in [0.25, 0.3) is 0 Å². The molecule has 1 aromatic rings. The van der Waals surface area contributed by atoms with E-state index in [1.54, 1.807) is 19.2 Å². The Morgan fingerprint density at radius 2 is 2.00 bits per heavy atom. The molecular formula is C13H20N2O3. The van der Waals surface area contributed by atoms with Gasteiger partial charge in [0.2, 0.25) is 0 Å². The lowest BCUT2D eigenvalue weighted by Crippen LogP contribution is -2.33. The van der Waals surface area contributed by atoms with Crippen LogP contribution < -0.4 is 10.1 Å². The fourth-order valence-electron chi connectivity index (χ4n) is 1.36. The fourth-order valence-corrected chi connectivity index (χ4v) is 1.36. The van der Waals surface area contributed by atoms with Crippen molar-refractivity contribution in [3.05, 3.63) is 24.3 Å². The summed E-state index contributed by atoms with van der Waals surface area (Å²) in [6.07, 6.45) is 0.126. The number of urea groups is 1. The zero-order chi connectivity index (χ0) is 13.5. The van der Waals surface area contributed by atoms with E-state index in [2.05, 4.69) is 5.32 Å². The Hall–Kier alpha value is -1.75. The van der Waals surface area contributed by atoms with Crippen LogP contribution in [-0.4, -0.2) is 42.3 Å². The van der Waals surface area contributed by atoms with Crippen LogP contribution in [0.3, 0.4) is 0 Å². The number of aliphatic hydroxyl groups is 1. The van der Waals surface area contributed by atoms with Gasteiger partial charge in [-0.15, -0.1) is 0 Å². The largest absolute Gasteiger partial charge is 0.491 e. The topological polar surface area (TPSA) is 61.8 Å².